The summed E-state index contributed by atoms with van der Waals surface area (Å²) in [7, 11) is 0. The molecule has 0 saturated heterocycles. The first-order valence-corrected chi connectivity index (χ1v) is 11.4. The summed E-state index contributed by atoms with van der Waals surface area (Å²) in [5, 5.41) is 5.27. The molecule has 0 radical (unpaired) electrons. The molecule has 0 aliphatic heterocycles. The van der Waals surface area contributed by atoms with Crippen molar-refractivity contribution in [2.45, 2.75) is 121 Å². The fourth-order valence-corrected chi connectivity index (χ4v) is 5.65. The van der Waals surface area contributed by atoms with Crippen LogP contribution in [0.3, 0.4) is 0 Å². The molecule has 2 N–H and O–H groups in total. The molecule has 0 unspecified atom stereocenters. The van der Waals surface area contributed by atoms with E-state index in [4.69, 9.17) is 9.47 Å². The number of amides is 2. The summed E-state index contributed by atoms with van der Waals surface area (Å²) in [5.41, 5.74) is -4.70. The van der Waals surface area contributed by atoms with E-state index in [1.54, 1.807) is 41.5 Å². The lowest BCUT2D eigenvalue weighted by Gasteiger charge is -2.71. The fourth-order valence-electron chi connectivity index (χ4n) is 5.65. The first-order valence-electron chi connectivity index (χ1n) is 11.4. The highest BCUT2D eigenvalue weighted by Gasteiger charge is 2.79. The third kappa shape index (κ3) is 4.94. The van der Waals surface area contributed by atoms with Gasteiger partial charge in [-0.1, -0.05) is 0 Å². The van der Waals surface area contributed by atoms with E-state index in [9.17, 15) is 31.5 Å². The Labute approximate surface area is 196 Å². The molecule has 6 rings (SSSR count). The predicted octanol–water partition coefficient (Wildman–Crippen LogP) is 6.09. The molecule has 6 fully saturated rings. The van der Waals surface area contributed by atoms with Crippen molar-refractivity contribution in [2.75, 3.05) is 0 Å². The molecule has 11 heteroatoms. The number of rotatable bonds is 3. The van der Waals surface area contributed by atoms with Crippen LogP contribution in [0, 0.1) is 10.8 Å². The zero-order chi connectivity index (χ0) is 26.2. The molecule has 6 saturated carbocycles. The second-order valence-corrected chi connectivity index (χ2v) is 12.8. The molecular weight excluding hydrogens is 463 g/mol. The third-order valence-electron chi connectivity index (χ3n) is 7.13. The van der Waals surface area contributed by atoms with Gasteiger partial charge in [-0.3, -0.25) is 0 Å². The Morgan fingerprint density at radius 1 is 0.618 bits per heavy atom. The Kier molecular flexibility index (Phi) is 5.79. The van der Waals surface area contributed by atoms with Crippen LogP contribution in [0.4, 0.5) is 31.5 Å². The number of carbonyl (C=O) groups is 2. The molecule has 0 spiro atoms. The van der Waals surface area contributed by atoms with Crippen LogP contribution in [-0.2, 0) is 9.47 Å². The summed E-state index contributed by atoms with van der Waals surface area (Å²) < 4.78 is 74.3. The molecule has 6 nitrogen and oxygen atoms in total. The van der Waals surface area contributed by atoms with Crippen LogP contribution in [0.2, 0.25) is 0 Å². The lowest BCUT2D eigenvalue weighted by atomic mass is 9.37. The maximum atomic E-state index is 13.2. The summed E-state index contributed by atoms with van der Waals surface area (Å²) in [5.74, 6) is -2.65. The van der Waals surface area contributed by atoms with Gasteiger partial charge < -0.3 is 20.1 Å². The second-order valence-electron chi connectivity index (χ2n) is 12.8. The maximum Gasteiger partial charge on any atom is 0.408 e. The molecule has 0 aromatic carbocycles. The van der Waals surface area contributed by atoms with Gasteiger partial charge in [0.25, 0.3) is 5.92 Å². The van der Waals surface area contributed by atoms with Gasteiger partial charge in [0.05, 0.1) is 5.41 Å². The smallest absolute Gasteiger partial charge is 0.408 e. The van der Waals surface area contributed by atoms with E-state index >= 15 is 0 Å². The fraction of sp³-hybridized carbons (Fsp3) is 0.913. The van der Waals surface area contributed by atoms with Crippen molar-refractivity contribution >= 4 is 12.2 Å². The van der Waals surface area contributed by atoms with Gasteiger partial charge in [0.15, 0.2) is 0 Å². The van der Waals surface area contributed by atoms with E-state index in [1.165, 1.54) is 0 Å². The molecule has 196 valence electrons. The molecule has 2 amide bonds. The number of halogens is 5. The largest absolute Gasteiger partial charge is 0.444 e. The summed E-state index contributed by atoms with van der Waals surface area (Å²) in [4.78, 5) is 23.0. The minimum Gasteiger partial charge on any atom is -0.444 e. The minimum atomic E-state index is -4.15. The van der Waals surface area contributed by atoms with Gasteiger partial charge in [-0.05, 0) is 87.0 Å². The summed E-state index contributed by atoms with van der Waals surface area (Å²) >= 11 is 0. The maximum absolute atomic E-state index is 13.2. The van der Waals surface area contributed by atoms with Crippen molar-refractivity contribution in [2.24, 2.45) is 10.8 Å². The van der Waals surface area contributed by atoms with Crippen molar-refractivity contribution in [1.29, 1.82) is 0 Å². The molecule has 0 aromatic rings. The Morgan fingerprint density at radius 2 is 0.912 bits per heavy atom. The van der Waals surface area contributed by atoms with Crippen molar-refractivity contribution in [3.05, 3.63) is 0 Å². The van der Waals surface area contributed by atoms with Gasteiger partial charge in [0, 0.05) is 16.5 Å². The van der Waals surface area contributed by atoms with Gasteiger partial charge in [0.2, 0.25) is 0 Å². The molecule has 0 heterocycles. The van der Waals surface area contributed by atoms with E-state index < -0.39 is 57.4 Å². The van der Waals surface area contributed by atoms with Gasteiger partial charge in [-0.15, -0.1) is 0 Å². The highest BCUT2D eigenvalue weighted by Crippen LogP contribution is 2.74. The van der Waals surface area contributed by atoms with E-state index in [0.29, 0.717) is 19.3 Å². The number of nitrogens with one attached hydrogen (secondary N) is 2. The molecule has 0 atom stereocenters. The highest BCUT2D eigenvalue weighted by molar-refractivity contribution is 5.70. The number of alkyl halides is 5. The summed E-state index contributed by atoms with van der Waals surface area (Å²) in [6, 6.07) is 0. The number of ether oxygens (including phenoxy) is 2. The minimum absolute atomic E-state index is 0.0112. The van der Waals surface area contributed by atoms with Crippen LogP contribution < -0.4 is 10.6 Å². The van der Waals surface area contributed by atoms with E-state index in [2.05, 4.69) is 10.6 Å². The first kappa shape index (κ1) is 26.8. The lowest BCUT2D eigenvalue weighted by Crippen LogP contribution is -2.79. The quantitative estimate of drug-likeness (QED) is 0.462. The highest BCUT2D eigenvalue weighted by atomic mass is 19.4. The van der Waals surface area contributed by atoms with E-state index in [0.717, 1.165) is 6.92 Å². The van der Waals surface area contributed by atoms with Crippen LogP contribution in [0.1, 0.15) is 87.0 Å². The van der Waals surface area contributed by atoms with Crippen molar-refractivity contribution in [1.82, 2.24) is 10.6 Å². The zero-order valence-corrected chi connectivity index (χ0v) is 20.8. The average Bonchev–Trinajstić information content (AvgIpc) is 2.37. The van der Waals surface area contributed by atoms with Crippen LogP contribution in [-0.4, -0.2) is 46.6 Å². The van der Waals surface area contributed by atoms with Gasteiger partial charge >= 0.3 is 18.4 Å². The van der Waals surface area contributed by atoms with Crippen molar-refractivity contribution in [3.63, 3.8) is 0 Å². The van der Waals surface area contributed by atoms with Crippen LogP contribution in [0.25, 0.3) is 0 Å². The summed E-state index contributed by atoms with van der Waals surface area (Å²) in [6.07, 6.45) is -4.23. The van der Waals surface area contributed by atoms with Crippen LogP contribution >= 0.6 is 0 Å². The van der Waals surface area contributed by atoms with Crippen molar-refractivity contribution < 1.29 is 41.0 Å². The SMILES string of the molecule is CC(C)(C)OC(=O)NC12CC(C(C)(F)F)(C1)C2.CC(C)(C)OC(=O)NC12CC(C(F)(F)F)(C1)C2. The van der Waals surface area contributed by atoms with Gasteiger partial charge in [-0.2, -0.15) is 13.2 Å². The number of carbonyl (C=O) groups excluding carboxylic acids is 2. The number of hydrogen-bond acceptors (Lipinski definition) is 4. The number of hydrogen-bond donors (Lipinski definition) is 2. The molecule has 6 aliphatic rings. The number of alkyl carbamates (subject to hydrolysis) is 2. The molecular formula is C23H35F5N2O4. The second kappa shape index (κ2) is 7.35. The Hall–Kier alpha value is -1.81. The van der Waals surface area contributed by atoms with E-state index in [1.807, 2.05) is 0 Å². The standard InChI is InChI=1S/C12H19F2NO2.C11H16F3NO2/c1-9(2,3)17-8(16)15-12-5-11(6-12,7-12)10(4,13)14;1-8(2,3)17-7(16)15-10-4-9(5-10,6-10)11(12,13)14/h5-7H2,1-4H3,(H,15,16);4-6H2,1-3H3,(H,15,16). The van der Waals surface area contributed by atoms with E-state index in [-0.39, 0.29) is 19.3 Å². The molecule has 34 heavy (non-hydrogen) atoms. The monoisotopic (exact) mass is 498 g/mol. The van der Waals surface area contributed by atoms with Crippen LogP contribution in [0.15, 0.2) is 0 Å². The Morgan fingerprint density at radius 3 is 1.15 bits per heavy atom. The topological polar surface area (TPSA) is 76.7 Å². The Balaban J connectivity index is 0.000000191. The Bertz CT molecular complexity index is 742. The van der Waals surface area contributed by atoms with Gasteiger partial charge in [0.1, 0.15) is 11.2 Å². The third-order valence-corrected chi connectivity index (χ3v) is 7.13. The average molecular weight is 499 g/mol. The molecule has 4 bridgehead atoms. The lowest BCUT2D eigenvalue weighted by molar-refractivity contribution is -0.337. The van der Waals surface area contributed by atoms with Gasteiger partial charge in [-0.25, -0.2) is 18.4 Å². The first-order chi connectivity index (χ1) is 14.9. The molecule has 6 aliphatic carbocycles. The normalized spacial score (nSPS) is 35.6. The zero-order valence-electron chi connectivity index (χ0n) is 20.8. The predicted molar refractivity (Wildman–Crippen MR) is 113 cm³/mol. The van der Waals surface area contributed by atoms with Crippen molar-refractivity contribution in [3.8, 4) is 0 Å². The molecule has 0 aromatic heterocycles. The summed E-state index contributed by atoms with van der Waals surface area (Å²) in [6.45, 7) is 11.4. The van der Waals surface area contributed by atoms with Crippen LogP contribution in [0.5, 0.6) is 0 Å².